The maximum atomic E-state index is 6.37. The number of pyridine rings is 1. The number of benzene rings is 2. The van der Waals surface area contributed by atoms with E-state index >= 15 is 0 Å². The van der Waals surface area contributed by atoms with Crippen LogP contribution in [0.2, 0.25) is 0 Å². The Balaban J connectivity index is 1.10. The summed E-state index contributed by atoms with van der Waals surface area (Å²) in [4.78, 5) is 6.97. The first kappa shape index (κ1) is 21.0. The smallest absolute Gasteiger partial charge is 0.219 e. The summed E-state index contributed by atoms with van der Waals surface area (Å²) < 4.78 is 12.1. The van der Waals surface area contributed by atoms with E-state index in [2.05, 4.69) is 46.5 Å². The van der Waals surface area contributed by atoms with E-state index in [4.69, 9.17) is 9.47 Å². The summed E-state index contributed by atoms with van der Waals surface area (Å²) in [5.41, 5.74) is 2.36. The van der Waals surface area contributed by atoms with Crippen molar-refractivity contribution in [3.63, 3.8) is 0 Å². The van der Waals surface area contributed by atoms with Gasteiger partial charge in [0, 0.05) is 37.4 Å². The molecule has 5 rings (SSSR count). The fourth-order valence-corrected chi connectivity index (χ4v) is 4.92. The Kier molecular flexibility index (Phi) is 6.37. The predicted octanol–water partition coefficient (Wildman–Crippen LogP) is 5.17. The van der Waals surface area contributed by atoms with Crippen LogP contribution in [0, 0.1) is 0 Å². The maximum absolute atomic E-state index is 6.37. The molecule has 32 heavy (non-hydrogen) atoms. The molecular formula is C27H31N3O2. The zero-order chi connectivity index (χ0) is 21.8. The number of nitrogens with zero attached hydrogens (tertiary/aromatic N) is 2. The van der Waals surface area contributed by atoms with Crippen molar-refractivity contribution in [1.29, 1.82) is 0 Å². The molecule has 2 fully saturated rings. The molecule has 2 saturated heterocycles. The molecule has 5 heteroatoms. The highest BCUT2D eigenvalue weighted by Crippen LogP contribution is 2.36. The average Bonchev–Trinajstić information content (AvgIpc) is 3.02. The topological polar surface area (TPSA) is 46.6 Å². The molecule has 0 saturated carbocycles. The predicted molar refractivity (Wildman–Crippen MR) is 126 cm³/mol. The van der Waals surface area contributed by atoms with E-state index in [1.807, 2.05) is 48.7 Å². The molecular weight excluding hydrogens is 398 g/mol. The van der Waals surface area contributed by atoms with Crippen LogP contribution in [0.1, 0.15) is 36.8 Å². The number of para-hydroxylation sites is 1. The highest BCUT2D eigenvalue weighted by Gasteiger charge is 2.39. The molecule has 3 atom stereocenters. The van der Waals surface area contributed by atoms with E-state index in [0.717, 1.165) is 43.0 Å². The Bertz CT molecular complexity index is 995. The quantitative estimate of drug-likeness (QED) is 0.535. The second-order valence-electron chi connectivity index (χ2n) is 8.93. The van der Waals surface area contributed by atoms with Crippen LogP contribution in [0.15, 0.2) is 72.9 Å². The van der Waals surface area contributed by atoms with Gasteiger partial charge in [-0.25, -0.2) is 4.98 Å². The fraction of sp³-hybridized carbons (Fsp3) is 0.370. The number of ether oxygens (including phenoxy) is 2. The van der Waals surface area contributed by atoms with E-state index in [0.29, 0.717) is 24.1 Å². The van der Waals surface area contributed by atoms with Crippen LogP contribution in [0.4, 0.5) is 0 Å². The summed E-state index contributed by atoms with van der Waals surface area (Å²) in [6, 6.07) is 23.5. The summed E-state index contributed by atoms with van der Waals surface area (Å²) >= 11 is 0. The zero-order valence-electron chi connectivity index (χ0n) is 18.6. The van der Waals surface area contributed by atoms with Crippen LogP contribution in [0.3, 0.4) is 0 Å². The van der Waals surface area contributed by atoms with Gasteiger partial charge >= 0.3 is 0 Å². The highest BCUT2D eigenvalue weighted by atomic mass is 16.5. The van der Waals surface area contributed by atoms with Gasteiger partial charge in [-0.3, -0.25) is 0 Å². The summed E-state index contributed by atoms with van der Waals surface area (Å²) in [5.74, 6) is 2.38. The molecule has 2 aromatic carbocycles. The Labute approximate surface area is 190 Å². The van der Waals surface area contributed by atoms with Crippen molar-refractivity contribution in [3.8, 4) is 17.4 Å². The second kappa shape index (κ2) is 9.72. The lowest BCUT2D eigenvalue weighted by atomic mass is 10.0. The number of hydrogen-bond acceptors (Lipinski definition) is 5. The van der Waals surface area contributed by atoms with E-state index in [9.17, 15) is 0 Å². The Hall–Kier alpha value is -2.89. The molecule has 3 aromatic rings. The number of hydrogen-bond donors (Lipinski definition) is 1. The van der Waals surface area contributed by atoms with Crippen LogP contribution in [-0.4, -0.2) is 35.1 Å². The molecule has 3 heterocycles. The molecule has 0 spiro atoms. The normalized spacial score (nSPS) is 22.6. The van der Waals surface area contributed by atoms with Crippen LogP contribution in [0.25, 0.3) is 0 Å². The van der Waals surface area contributed by atoms with E-state index < -0.39 is 0 Å². The molecule has 2 bridgehead atoms. The van der Waals surface area contributed by atoms with E-state index in [1.165, 1.54) is 18.4 Å². The largest absolute Gasteiger partial charge is 0.490 e. The monoisotopic (exact) mass is 429 g/mol. The number of fused-ring (bicyclic) bond motifs is 2. The number of aromatic nitrogens is 1. The molecule has 1 aromatic heterocycles. The Morgan fingerprint density at radius 2 is 1.62 bits per heavy atom. The maximum Gasteiger partial charge on any atom is 0.219 e. The minimum Gasteiger partial charge on any atom is -0.490 e. The highest BCUT2D eigenvalue weighted by molar-refractivity contribution is 5.29. The van der Waals surface area contributed by atoms with Crippen molar-refractivity contribution < 1.29 is 9.47 Å². The number of nitrogens with one attached hydrogen (secondary N) is 1. The third-order valence-electron chi connectivity index (χ3n) is 6.68. The van der Waals surface area contributed by atoms with Gasteiger partial charge in [0.1, 0.15) is 17.6 Å². The summed E-state index contributed by atoms with van der Waals surface area (Å²) in [5, 5.41) is 3.50. The lowest BCUT2D eigenvalue weighted by molar-refractivity contribution is 0.0661. The molecule has 2 aliphatic rings. The fourth-order valence-electron chi connectivity index (χ4n) is 4.92. The van der Waals surface area contributed by atoms with Gasteiger partial charge in [0.25, 0.3) is 0 Å². The first-order valence-electron chi connectivity index (χ1n) is 11.6. The molecule has 0 amide bonds. The minimum absolute atomic E-state index is 0.342. The SMILES string of the molecule is CN1[C@@H]2CC[C@H]1C[C@@H](Oc1cccc(CNCc3ccc(Oc4ccccc4)nc3)c1)C2. The number of piperidine rings is 1. The first-order valence-corrected chi connectivity index (χ1v) is 11.6. The second-order valence-corrected chi connectivity index (χ2v) is 8.93. The average molecular weight is 430 g/mol. The van der Waals surface area contributed by atoms with Gasteiger partial charge in [-0.05, 0) is 68.1 Å². The van der Waals surface area contributed by atoms with E-state index in [1.54, 1.807) is 0 Å². The third kappa shape index (κ3) is 5.12. The van der Waals surface area contributed by atoms with Gasteiger partial charge in [-0.2, -0.15) is 0 Å². The van der Waals surface area contributed by atoms with Crippen molar-refractivity contribution in [3.05, 3.63) is 84.1 Å². The summed E-state index contributed by atoms with van der Waals surface area (Å²) in [6.07, 6.45) is 7.13. The molecule has 0 unspecified atom stereocenters. The van der Waals surface area contributed by atoms with E-state index in [-0.39, 0.29) is 0 Å². The van der Waals surface area contributed by atoms with Gasteiger partial charge in [-0.15, -0.1) is 0 Å². The summed E-state index contributed by atoms with van der Waals surface area (Å²) in [7, 11) is 2.27. The van der Waals surface area contributed by atoms with Crippen LogP contribution in [-0.2, 0) is 13.1 Å². The summed E-state index contributed by atoms with van der Waals surface area (Å²) in [6.45, 7) is 1.54. The molecule has 2 aliphatic heterocycles. The zero-order valence-corrected chi connectivity index (χ0v) is 18.6. The Morgan fingerprint density at radius 1 is 0.875 bits per heavy atom. The number of rotatable bonds is 8. The standard InChI is InChI=1S/C27H31N3O2/c1-30-22-11-12-23(30)16-26(15-22)31-25-9-5-6-20(14-25)17-28-18-21-10-13-27(29-19-21)32-24-7-3-2-4-8-24/h2-10,13-14,19,22-23,26,28H,11-12,15-18H2,1H3/t22-,23+,26+. The molecule has 166 valence electrons. The van der Waals surface area contributed by atoms with Gasteiger partial charge < -0.3 is 19.7 Å². The van der Waals surface area contributed by atoms with Crippen LogP contribution >= 0.6 is 0 Å². The van der Waals surface area contributed by atoms with Crippen molar-refractivity contribution in [2.45, 2.75) is 57.0 Å². The molecule has 5 nitrogen and oxygen atoms in total. The lowest BCUT2D eigenvalue weighted by Crippen LogP contribution is -2.43. The van der Waals surface area contributed by atoms with Crippen molar-refractivity contribution >= 4 is 0 Å². The Morgan fingerprint density at radius 3 is 2.38 bits per heavy atom. The van der Waals surface area contributed by atoms with Gasteiger partial charge in [0.05, 0.1) is 0 Å². The lowest BCUT2D eigenvalue weighted by Gasteiger charge is -2.36. The third-order valence-corrected chi connectivity index (χ3v) is 6.68. The molecule has 0 radical (unpaired) electrons. The van der Waals surface area contributed by atoms with Gasteiger partial charge in [0.15, 0.2) is 0 Å². The van der Waals surface area contributed by atoms with Crippen molar-refractivity contribution in [2.24, 2.45) is 0 Å². The van der Waals surface area contributed by atoms with Crippen LogP contribution in [0.5, 0.6) is 17.4 Å². The van der Waals surface area contributed by atoms with Gasteiger partial charge in [-0.1, -0.05) is 36.4 Å². The molecule has 1 N–H and O–H groups in total. The van der Waals surface area contributed by atoms with Crippen molar-refractivity contribution in [1.82, 2.24) is 15.2 Å². The van der Waals surface area contributed by atoms with Crippen molar-refractivity contribution in [2.75, 3.05) is 7.05 Å². The van der Waals surface area contributed by atoms with Gasteiger partial charge in [0.2, 0.25) is 5.88 Å². The van der Waals surface area contributed by atoms with Crippen LogP contribution < -0.4 is 14.8 Å². The first-order chi connectivity index (χ1) is 15.7. The minimum atomic E-state index is 0.342. The molecule has 0 aliphatic carbocycles.